The molecule has 1 fully saturated rings. The van der Waals surface area contributed by atoms with Crippen molar-refractivity contribution in [2.45, 2.75) is 37.8 Å². The Bertz CT molecular complexity index is 930. The first-order valence-electron chi connectivity index (χ1n) is 8.66. The number of fused-ring (bicyclic) bond motifs is 1. The van der Waals surface area contributed by atoms with Crippen LogP contribution in [0.25, 0.3) is 22.0 Å². The Morgan fingerprint density at radius 3 is 2.81 bits per heavy atom. The molecule has 0 aliphatic heterocycles. The molecule has 2 aromatic heterocycles. The second kappa shape index (κ2) is 6.84. The second-order valence-electron chi connectivity index (χ2n) is 6.61. The van der Waals surface area contributed by atoms with E-state index < -0.39 is 5.82 Å². The van der Waals surface area contributed by atoms with Gasteiger partial charge in [-0.3, -0.25) is 4.98 Å². The smallest absolute Gasteiger partial charge is 0.158 e. The molecule has 7 heteroatoms. The van der Waals surface area contributed by atoms with E-state index in [0.29, 0.717) is 23.0 Å². The first kappa shape index (κ1) is 16.7. The minimum absolute atomic E-state index is 0.0239. The number of pyridine rings is 1. The minimum atomic E-state index is -0.562. The summed E-state index contributed by atoms with van der Waals surface area (Å²) < 4.78 is 14.3. The predicted octanol–water partition coefficient (Wildman–Crippen LogP) is 3.25. The third kappa shape index (κ3) is 3.06. The van der Waals surface area contributed by atoms with E-state index in [0.717, 1.165) is 19.3 Å². The first-order chi connectivity index (χ1) is 12.6. The normalized spacial score (nSPS) is 20.2. The van der Waals surface area contributed by atoms with E-state index in [9.17, 15) is 14.6 Å². The summed E-state index contributed by atoms with van der Waals surface area (Å²) >= 11 is 0. The van der Waals surface area contributed by atoms with Gasteiger partial charge in [-0.25, -0.2) is 4.39 Å². The number of halogens is 1. The van der Waals surface area contributed by atoms with Gasteiger partial charge in [-0.2, -0.15) is 0 Å². The topological polar surface area (TPSA) is 91.2 Å². The molecule has 134 valence electrons. The number of hydrogen-bond donors (Lipinski definition) is 3. The van der Waals surface area contributed by atoms with Crippen molar-refractivity contribution in [1.82, 2.24) is 15.2 Å². The molecule has 1 aromatic carbocycles. The van der Waals surface area contributed by atoms with E-state index in [1.54, 1.807) is 18.5 Å². The van der Waals surface area contributed by atoms with Crippen molar-refractivity contribution in [1.29, 1.82) is 0 Å². The van der Waals surface area contributed by atoms with Crippen LogP contribution in [0, 0.1) is 5.82 Å². The van der Waals surface area contributed by atoms with E-state index in [-0.39, 0.29) is 29.2 Å². The number of aliphatic hydroxyl groups is 1. The highest BCUT2D eigenvalue weighted by atomic mass is 19.1. The van der Waals surface area contributed by atoms with Crippen LogP contribution in [0.15, 0.2) is 36.7 Å². The number of aromatic nitrogens is 3. The number of hydrogen-bond acceptors (Lipinski definition) is 6. The third-order valence-electron chi connectivity index (χ3n) is 4.80. The van der Waals surface area contributed by atoms with Crippen molar-refractivity contribution in [2.24, 2.45) is 0 Å². The van der Waals surface area contributed by atoms with Crippen LogP contribution in [0.4, 0.5) is 10.2 Å². The zero-order valence-electron chi connectivity index (χ0n) is 14.1. The van der Waals surface area contributed by atoms with Gasteiger partial charge in [-0.05, 0) is 43.9 Å². The van der Waals surface area contributed by atoms with Crippen LogP contribution in [0.1, 0.15) is 25.7 Å². The summed E-state index contributed by atoms with van der Waals surface area (Å²) in [4.78, 5) is 4.15. The molecule has 0 saturated heterocycles. The maximum absolute atomic E-state index is 14.3. The fourth-order valence-electron chi connectivity index (χ4n) is 3.52. The van der Waals surface area contributed by atoms with Gasteiger partial charge in [0, 0.05) is 29.2 Å². The van der Waals surface area contributed by atoms with Gasteiger partial charge in [0.1, 0.15) is 17.3 Å². The Hall–Kier alpha value is -2.80. The van der Waals surface area contributed by atoms with E-state index >= 15 is 0 Å². The lowest BCUT2D eigenvalue weighted by molar-refractivity contribution is 0.124. The Morgan fingerprint density at radius 2 is 2.00 bits per heavy atom. The van der Waals surface area contributed by atoms with Crippen LogP contribution in [0.5, 0.6) is 5.75 Å². The molecule has 0 amide bonds. The Labute approximate surface area is 149 Å². The van der Waals surface area contributed by atoms with Crippen LogP contribution in [-0.4, -0.2) is 37.5 Å². The molecule has 1 aliphatic rings. The average Bonchev–Trinajstić information content (AvgIpc) is 2.63. The van der Waals surface area contributed by atoms with E-state index in [1.807, 2.05) is 0 Å². The molecule has 0 spiro atoms. The highest BCUT2D eigenvalue weighted by Crippen LogP contribution is 2.36. The molecule has 2 atom stereocenters. The fourth-order valence-corrected chi connectivity index (χ4v) is 3.52. The number of benzene rings is 1. The zero-order valence-corrected chi connectivity index (χ0v) is 14.1. The number of aromatic hydroxyl groups is 1. The monoisotopic (exact) mass is 354 g/mol. The highest BCUT2D eigenvalue weighted by Gasteiger charge is 2.22. The predicted molar refractivity (Wildman–Crippen MR) is 96.3 cm³/mol. The molecule has 1 saturated carbocycles. The SMILES string of the molecule is Oc1cccc(F)c1-c1nnc(N[C@@H]2CCC[C@@H](O)C2)c2cnccc12. The molecule has 6 nitrogen and oxygen atoms in total. The van der Waals surface area contributed by atoms with Crippen molar-refractivity contribution < 1.29 is 14.6 Å². The molecule has 3 aromatic rings. The van der Waals surface area contributed by atoms with Crippen LogP contribution < -0.4 is 5.32 Å². The molecular weight excluding hydrogens is 335 g/mol. The molecular formula is C19H19FN4O2. The number of phenolic OH excluding ortho intramolecular Hbond substituents is 1. The number of aliphatic hydroxyl groups excluding tert-OH is 1. The van der Waals surface area contributed by atoms with Crippen molar-refractivity contribution >= 4 is 16.6 Å². The fraction of sp³-hybridized carbons (Fsp3) is 0.316. The molecule has 4 rings (SSSR count). The number of nitrogens with zero attached hydrogens (tertiary/aromatic N) is 3. The van der Waals surface area contributed by atoms with Gasteiger partial charge < -0.3 is 15.5 Å². The summed E-state index contributed by atoms with van der Waals surface area (Å²) in [6.07, 6.45) is 6.29. The lowest BCUT2D eigenvalue weighted by Crippen LogP contribution is -2.30. The summed E-state index contributed by atoms with van der Waals surface area (Å²) in [5.74, 6) is -0.200. The summed E-state index contributed by atoms with van der Waals surface area (Å²) in [6, 6.07) is 5.97. The summed E-state index contributed by atoms with van der Waals surface area (Å²) in [5.41, 5.74) is 0.295. The highest BCUT2D eigenvalue weighted by molar-refractivity contribution is 6.00. The summed E-state index contributed by atoms with van der Waals surface area (Å²) in [7, 11) is 0. The van der Waals surface area contributed by atoms with Gasteiger partial charge >= 0.3 is 0 Å². The van der Waals surface area contributed by atoms with Crippen molar-refractivity contribution in [2.75, 3.05) is 5.32 Å². The Morgan fingerprint density at radius 1 is 1.12 bits per heavy atom. The van der Waals surface area contributed by atoms with Gasteiger partial charge in [0.25, 0.3) is 0 Å². The van der Waals surface area contributed by atoms with Crippen LogP contribution >= 0.6 is 0 Å². The number of phenols is 1. The van der Waals surface area contributed by atoms with Crippen molar-refractivity contribution in [3.63, 3.8) is 0 Å². The van der Waals surface area contributed by atoms with E-state index in [2.05, 4.69) is 20.5 Å². The molecule has 3 N–H and O–H groups in total. The third-order valence-corrected chi connectivity index (χ3v) is 4.80. The van der Waals surface area contributed by atoms with Gasteiger partial charge in [0.05, 0.1) is 11.7 Å². The number of anilines is 1. The minimum Gasteiger partial charge on any atom is -0.507 e. The molecule has 0 unspecified atom stereocenters. The van der Waals surface area contributed by atoms with Crippen LogP contribution in [0.2, 0.25) is 0 Å². The lowest BCUT2D eigenvalue weighted by atomic mass is 9.93. The molecule has 2 heterocycles. The number of nitrogens with one attached hydrogen (secondary N) is 1. The molecule has 1 aliphatic carbocycles. The Balaban J connectivity index is 1.79. The van der Waals surface area contributed by atoms with Crippen molar-refractivity contribution in [3.05, 3.63) is 42.5 Å². The lowest BCUT2D eigenvalue weighted by Gasteiger charge is -2.27. The van der Waals surface area contributed by atoms with Gasteiger partial charge in [0.2, 0.25) is 0 Å². The molecule has 0 bridgehead atoms. The average molecular weight is 354 g/mol. The van der Waals surface area contributed by atoms with Crippen molar-refractivity contribution in [3.8, 4) is 17.0 Å². The standard InChI is InChI=1S/C19H19FN4O2/c20-15-5-2-6-16(26)17(15)18-13-7-8-21-10-14(13)19(24-23-18)22-11-3-1-4-12(25)9-11/h2,5-8,10-12,25-26H,1,3-4,9H2,(H,22,24)/t11-,12-/m1/s1. The number of rotatable bonds is 3. The molecule has 0 radical (unpaired) electrons. The summed E-state index contributed by atoms with van der Waals surface area (Å²) in [5, 5.41) is 33.0. The van der Waals surface area contributed by atoms with Gasteiger partial charge in [-0.1, -0.05) is 6.07 Å². The maximum Gasteiger partial charge on any atom is 0.158 e. The zero-order chi connectivity index (χ0) is 18.1. The van der Waals surface area contributed by atoms with Gasteiger partial charge in [-0.15, -0.1) is 10.2 Å². The van der Waals surface area contributed by atoms with Crippen LogP contribution in [0.3, 0.4) is 0 Å². The molecule has 26 heavy (non-hydrogen) atoms. The van der Waals surface area contributed by atoms with Gasteiger partial charge in [0.15, 0.2) is 5.82 Å². The summed E-state index contributed by atoms with van der Waals surface area (Å²) in [6.45, 7) is 0. The van der Waals surface area contributed by atoms with E-state index in [4.69, 9.17) is 0 Å². The largest absolute Gasteiger partial charge is 0.507 e. The van der Waals surface area contributed by atoms with E-state index in [1.165, 1.54) is 18.2 Å². The second-order valence-corrected chi connectivity index (χ2v) is 6.61. The Kier molecular flexibility index (Phi) is 4.38. The first-order valence-corrected chi connectivity index (χ1v) is 8.66. The van der Waals surface area contributed by atoms with Crippen LogP contribution in [-0.2, 0) is 0 Å². The maximum atomic E-state index is 14.3. The quantitative estimate of drug-likeness (QED) is 0.669.